The van der Waals surface area contributed by atoms with E-state index in [1.54, 1.807) is 0 Å². The lowest BCUT2D eigenvalue weighted by Crippen LogP contribution is -2.35. The highest BCUT2D eigenvalue weighted by Gasteiger charge is 2.49. The van der Waals surface area contributed by atoms with E-state index < -0.39 is 0 Å². The predicted octanol–water partition coefficient (Wildman–Crippen LogP) is 8.12. The molecule has 1 atom stereocenters. The number of benzene rings is 2. The first-order valence-electron chi connectivity index (χ1n) is 13.8. The van der Waals surface area contributed by atoms with Crippen molar-refractivity contribution >= 4 is 17.1 Å². The minimum atomic E-state index is -0.00197. The maximum atomic E-state index is 2.66. The first-order chi connectivity index (χ1) is 16.4. The molecular weight excluding hydrogens is 412 g/mol. The summed E-state index contributed by atoms with van der Waals surface area (Å²) in [6, 6.07) is 18.3. The molecule has 1 fully saturated rings. The van der Waals surface area contributed by atoms with Gasteiger partial charge >= 0.3 is 0 Å². The Bertz CT molecular complexity index is 1120. The lowest BCUT2D eigenvalue weighted by Gasteiger charge is -2.35. The molecule has 2 heteroatoms. The quantitative estimate of drug-likeness (QED) is 0.399. The molecule has 0 aromatic heterocycles. The zero-order chi connectivity index (χ0) is 23.9. The van der Waals surface area contributed by atoms with Crippen LogP contribution in [0.25, 0.3) is 0 Å². The molecule has 0 amide bonds. The van der Waals surface area contributed by atoms with Gasteiger partial charge in [0.05, 0.1) is 5.41 Å². The summed E-state index contributed by atoms with van der Waals surface area (Å²) in [6.07, 6.45) is 12.1. The molecule has 2 aromatic carbocycles. The maximum Gasteiger partial charge on any atom is 0.209 e. The fraction of sp³-hybridized carbons (Fsp3) is 0.531. The van der Waals surface area contributed by atoms with Gasteiger partial charge in [-0.1, -0.05) is 75.4 Å². The minimum Gasteiger partial charge on any atom is -0.344 e. The van der Waals surface area contributed by atoms with Crippen molar-refractivity contribution in [2.24, 2.45) is 5.92 Å². The molecule has 1 saturated carbocycles. The van der Waals surface area contributed by atoms with Crippen molar-refractivity contribution in [2.45, 2.75) is 90.4 Å². The smallest absolute Gasteiger partial charge is 0.209 e. The first-order valence-corrected chi connectivity index (χ1v) is 13.8. The van der Waals surface area contributed by atoms with E-state index >= 15 is 0 Å². The Kier molecular flexibility index (Phi) is 6.21. The third-order valence-electron chi connectivity index (χ3n) is 8.90. The SMILES string of the molecule is CCCN1C(=CC2=[N+](CC)c3ccccc3C2(C)C)C(C)(CC2CCCCC2)c2ccccc21. The summed E-state index contributed by atoms with van der Waals surface area (Å²) in [5, 5.41) is 0. The molecular formula is C32H43N2+. The maximum absolute atomic E-state index is 2.66. The Morgan fingerprint density at radius 2 is 1.59 bits per heavy atom. The summed E-state index contributed by atoms with van der Waals surface area (Å²) in [5.41, 5.74) is 8.85. The van der Waals surface area contributed by atoms with Crippen molar-refractivity contribution < 1.29 is 4.58 Å². The van der Waals surface area contributed by atoms with Crippen LogP contribution < -0.4 is 4.90 Å². The van der Waals surface area contributed by atoms with Crippen LogP contribution in [-0.2, 0) is 10.8 Å². The summed E-state index contributed by atoms with van der Waals surface area (Å²) in [6.45, 7) is 14.1. The number of hydrogen-bond donors (Lipinski definition) is 0. The molecule has 0 saturated heterocycles. The van der Waals surface area contributed by atoms with Crippen molar-refractivity contribution in [3.05, 3.63) is 71.4 Å². The molecule has 2 aromatic rings. The third-order valence-corrected chi connectivity index (χ3v) is 8.90. The van der Waals surface area contributed by atoms with Gasteiger partial charge in [0.15, 0.2) is 5.71 Å². The summed E-state index contributed by atoms with van der Waals surface area (Å²) in [5.74, 6) is 0.831. The van der Waals surface area contributed by atoms with Crippen molar-refractivity contribution in [2.75, 3.05) is 18.0 Å². The fourth-order valence-electron chi connectivity index (χ4n) is 7.20. The largest absolute Gasteiger partial charge is 0.344 e. The monoisotopic (exact) mass is 455 g/mol. The molecule has 0 spiro atoms. The highest BCUT2D eigenvalue weighted by atomic mass is 15.2. The Hall–Kier alpha value is -2.35. The molecule has 1 unspecified atom stereocenters. The zero-order valence-corrected chi connectivity index (χ0v) is 22.0. The van der Waals surface area contributed by atoms with Crippen LogP contribution in [0, 0.1) is 5.92 Å². The zero-order valence-electron chi connectivity index (χ0n) is 22.0. The predicted molar refractivity (Wildman–Crippen MR) is 146 cm³/mol. The van der Waals surface area contributed by atoms with Gasteiger partial charge in [-0.3, -0.25) is 0 Å². The second kappa shape index (κ2) is 9.02. The van der Waals surface area contributed by atoms with Crippen LogP contribution in [-0.4, -0.2) is 23.4 Å². The average molecular weight is 456 g/mol. The summed E-state index contributed by atoms with van der Waals surface area (Å²) < 4.78 is 2.57. The molecule has 0 N–H and O–H groups in total. The fourth-order valence-corrected chi connectivity index (χ4v) is 7.20. The average Bonchev–Trinajstić information content (AvgIpc) is 3.21. The van der Waals surface area contributed by atoms with Crippen molar-refractivity contribution in [3.8, 4) is 0 Å². The number of nitrogens with zero attached hydrogens (tertiary/aromatic N) is 2. The number of fused-ring (bicyclic) bond motifs is 2. The molecule has 2 heterocycles. The van der Waals surface area contributed by atoms with Crippen LogP contribution >= 0.6 is 0 Å². The molecule has 34 heavy (non-hydrogen) atoms. The standard InChI is InChI=1S/C32H43N2/c1-6-21-34-28-20-14-12-18-26(28)32(5,23-24-15-9-8-10-16-24)30(34)22-29-31(3,4)25-17-11-13-19-27(25)33(29)7-2/h11-14,17-20,22,24H,6-10,15-16,21,23H2,1-5H3/q+1. The summed E-state index contributed by atoms with van der Waals surface area (Å²) in [7, 11) is 0. The minimum absolute atomic E-state index is 0.00197. The van der Waals surface area contributed by atoms with Crippen LogP contribution in [0.1, 0.15) is 90.7 Å². The first kappa shape index (κ1) is 23.4. The van der Waals surface area contributed by atoms with Crippen LogP contribution in [0.3, 0.4) is 0 Å². The van der Waals surface area contributed by atoms with Crippen LogP contribution in [0.15, 0.2) is 60.3 Å². The van der Waals surface area contributed by atoms with Crippen molar-refractivity contribution in [1.29, 1.82) is 0 Å². The second-order valence-electron chi connectivity index (χ2n) is 11.5. The van der Waals surface area contributed by atoms with Gasteiger partial charge in [0.25, 0.3) is 0 Å². The van der Waals surface area contributed by atoms with E-state index in [4.69, 9.17) is 0 Å². The Balaban J connectivity index is 1.68. The summed E-state index contributed by atoms with van der Waals surface area (Å²) >= 11 is 0. The highest BCUT2D eigenvalue weighted by molar-refractivity contribution is 6.04. The van der Waals surface area contributed by atoms with E-state index in [9.17, 15) is 0 Å². The topological polar surface area (TPSA) is 6.25 Å². The Labute approximate surface area is 207 Å². The van der Waals surface area contributed by atoms with E-state index in [-0.39, 0.29) is 10.8 Å². The lowest BCUT2D eigenvalue weighted by atomic mass is 9.70. The van der Waals surface area contributed by atoms with Gasteiger partial charge in [-0.05, 0) is 58.1 Å². The molecule has 1 aliphatic carbocycles. The number of allylic oxidation sites excluding steroid dienone is 2. The van der Waals surface area contributed by atoms with Crippen molar-refractivity contribution in [3.63, 3.8) is 0 Å². The normalized spacial score (nSPS) is 25.2. The third kappa shape index (κ3) is 3.65. The lowest BCUT2D eigenvalue weighted by molar-refractivity contribution is -0.433. The van der Waals surface area contributed by atoms with Gasteiger partial charge in [0.1, 0.15) is 6.54 Å². The molecule has 0 bridgehead atoms. The Morgan fingerprint density at radius 1 is 0.912 bits per heavy atom. The number of hydrogen-bond acceptors (Lipinski definition) is 1. The number of para-hydroxylation sites is 2. The van der Waals surface area contributed by atoms with E-state index in [0.717, 1.165) is 25.4 Å². The van der Waals surface area contributed by atoms with Gasteiger partial charge < -0.3 is 4.90 Å². The van der Waals surface area contributed by atoms with E-state index in [1.165, 1.54) is 72.4 Å². The molecule has 2 aliphatic heterocycles. The number of rotatable bonds is 6. The Morgan fingerprint density at radius 3 is 2.29 bits per heavy atom. The van der Waals surface area contributed by atoms with Gasteiger partial charge in [-0.25, -0.2) is 0 Å². The van der Waals surface area contributed by atoms with Gasteiger partial charge in [0.2, 0.25) is 5.69 Å². The second-order valence-corrected chi connectivity index (χ2v) is 11.5. The van der Waals surface area contributed by atoms with E-state index in [0.29, 0.717) is 0 Å². The molecule has 0 radical (unpaired) electrons. The number of anilines is 1. The van der Waals surface area contributed by atoms with Crippen LogP contribution in [0.4, 0.5) is 11.4 Å². The van der Waals surface area contributed by atoms with Gasteiger partial charge in [-0.15, -0.1) is 0 Å². The molecule has 2 nitrogen and oxygen atoms in total. The molecule has 180 valence electrons. The van der Waals surface area contributed by atoms with Gasteiger partial charge in [-0.2, -0.15) is 4.58 Å². The van der Waals surface area contributed by atoms with Crippen molar-refractivity contribution in [1.82, 2.24) is 0 Å². The summed E-state index contributed by atoms with van der Waals surface area (Å²) in [4.78, 5) is 2.66. The highest BCUT2D eigenvalue weighted by Crippen LogP contribution is 2.53. The molecule has 3 aliphatic rings. The van der Waals surface area contributed by atoms with Gasteiger partial charge in [0, 0.05) is 41.1 Å². The van der Waals surface area contributed by atoms with E-state index in [2.05, 4.69) is 98.7 Å². The van der Waals surface area contributed by atoms with Crippen LogP contribution in [0.5, 0.6) is 0 Å². The van der Waals surface area contributed by atoms with E-state index in [1.807, 2.05) is 0 Å². The van der Waals surface area contributed by atoms with Crippen LogP contribution in [0.2, 0.25) is 0 Å². The molecule has 5 rings (SSSR count).